The molecule has 0 aromatic carbocycles. The van der Waals surface area contributed by atoms with Crippen LogP contribution in [0.2, 0.25) is 0 Å². The van der Waals surface area contributed by atoms with Gasteiger partial charge in [-0.15, -0.1) is 24.0 Å². The number of nitrogens with one attached hydrogen (secondary N) is 2. The monoisotopic (exact) mass is 562 g/mol. The molecule has 0 bridgehead atoms. The summed E-state index contributed by atoms with van der Waals surface area (Å²) in [5.41, 5.74) is 0.138. The van der Waals surface area contributed by atoms with Crippen molar-refractivity contribution in [3.8, 4) is 0 Å². The summed E-state index contributed by atoms with van der Waals surface area (Å²) in [5.74, 6) is 2.35. The van der Waals surface area contributed by atoms with Crippen LogP contribution in [-0.4, -0.2) is 76.1 Å². The number of ether oxygens (including phenoxy) is 2. The maximum atomic E-state index is 6.14. The van der Waals surface area contributed by atoms with E-state index in [1.54, 1.807) is 6.26 Å². The fourth-order valence-corrected chi connectivity index (χ4v) is 4.46. The van der Waals surface area contributed by atoms with E-state index in [1.165, 1.54) is 6.42 Å². The van der Waals surface area contributed by atoms with Crippen molar-refractivity contribution in [3.63, 3.8) is 0 Å². The highest BCUT2D eigenvalue weighted by Crippen LogP contribution is 2.34. The molecule has 2 N–H and O–H groups in total. The van der Waals surface area contributed by atoms with Crippen molar-refractivity contribution in [2.45, 2.75) is 52.6 Å². The van der Waals surface area contributed by atoms with Gasteiger partial charge >= 0.3 is 0 Å². The Morgan fingerprint density at radius 3 is 2.66 bits per heavy atom. The Labute approximate surface area is 211 Å². The first-order valence-corrected chi connectivity index (χ1v) is 12.0. The Hall–Kier alpha value is -0.840. The summed E-state index contributed by atoms with van der Waals surface area (Å²) in [6, 6.07) is 3.95. The van der Waals surface area contributed by atoms with E-state index < -0.39 is 0 Å². The van der Waals surface area contributed by atoms with Crippen LogP contribution < -0.4 is 10.6 Å². The number of hydrogen-bond acceptors (Lipinski definition) is 5. The number of furan rings is 1. The Morgan fingerprint density at radius 1 is 1.16 bits per heavy atom. The molecular formula is C24H43IN4O3. The van der Waals surface area contributed by atoms with E-state index in [9.17, 15) is 0 Å². The van der Waals surface area contributed by atoms with Crippen LogP contribution in [0.4, 0.5) is 0 Å². The number of nitrogens with zero attached hydrogens (tertiary/aromatic N) is 2. The first kappa shape index (κ1) is 27.4. The summed E-state index contributed by atoms with van der Waals surface area (Å²) in [4.78, 5) is 7.44. The highest BCUT2D eigenvalue weighted by atomic mass is 127. The van der Waals surface area contributed by atoms with Crippen LogP contribution in [0.1, 0.15) is 45.8 Å². The van der Waals surface area contributed by atoms with Crippen molar-refractivity contribution in [2.75, 3.05) is 59.1 Å². The molecule has 3 rings (SSSR count). The average molecular weight is 563 g/mol. The maximum absolute atomic E-state index is 6.14. The zero-order chi connectivity index (χ0) is 21.9. The van der Waals surface area contributed by atoms with E-state index in [0.717, 1.165) is 90.1 Å². The van der Waals surface area contributed by atoms with Gasteiger partial charge in [0.05, 0.1) is 25.6 Å². The molecule has 2 saturated heterocycles. The summed E-state index contributed by atoms with van der Waals surface area (Å²) < 4.78 is 17.0. The third-order valence-electron chi connectivity index (χ3n) is 6.07. The average Bonchev–Trinajstić information content (AvgIpc) is 3.28. The molecule has 8 heteroatoms. The van der Waals surface area contributed by atoms with Crippen molar-refractivity contribution in [2.24, 2.45) is 16.3 Å². The van der Waals surface area contributed by atoms with E-state index in [-0.39, 0.29) is 35.5 Å². The Balaban J connectivity index is 0.00000363. The van der Waals surface area contributed by atoms with Crippen LogP contribution in [0.3, 0.4) is 0 Å². The third kappa shape index (κ3) is 9.57. The first-order chi connectivity index (χ1) is 15.0. The number of morpholine rings is 1. The van der Waals surface area contributed by atoms with Gasteiger partial charge in [-0.05, 0) is 43.4 Å². The second kappa shape index (κ2) is 14.4. The minimum atomic E-state index is 0. The lowest BCUT2D eigenvalue weighted by molar-refractivity contribution is -0.0823. The number of guanidine groups is 1. The normalized spacial score (nSPS) is 22.9. The SMILES string of the molecule is CC(C)(C)C1OCCCC1CN=C(NCCCN1CCOCC1)NCCc1ccco1.I. The molecule has 184 valence electrons. The summed E-state index contributed by atoms with van der Waals surface area (Å²) in [7, 11) is 0. The smallest absolute Gasteiger partial charge is 0.191 e. The fraction of sp³-hybridized carbons (Fsp3) is 0.792. The minimum absolute atomic E-state index is 0. The molecule has 3 heterocycles. The van der Waals surface area contributed by atoms with E-state index in [1.807, 2.05) is 12.1 Å². The molecule has 2 aliphatic rings. The summed E-state index contributed by atoms with van der Waals surface area (Å²) >= 11 is 0. The zero-order valence-electron chi connectivity index (χ0n) is 20.1. The lowest BCUT2D eigenvalue weighted by atomic mass is 9.78. The molecule has 0 saturated carbocycles. The molecule has 2 aliphatic heterocycles. The molecule has 2 unspecified atom stereocenters. The first-order valence-electron chi connectivity index (χ1n) is 12.0. The van der Waals surface area contributed by atoms with Gasteiger partial charge in [0.15, 0.2) is 5.96 Å². The van der Waals surface area contributed by atoms with Gasteiger partial charge in [0.25, 0.3) is 0 Å². The van der Waals surface area contributed by atoms with Gasteiger partial charge in [0, 0.05) is 51.7 Å². The Morgan fingerprint density at radius 2 is 1.94 bits per heavy atom. The van der Waals surface area contributed by atoms with Gasteiger partial charge in [-0.1, -0.05) is 20.8 Å². The number of halogens is 1. The lowest BCUT2D eigenvalue weighted by Crippen LogP contribution is -2.43. The van der Waals surface area contributed by atoms with Gasteiger partial charge in [-0.3, -0.25) is 9.89 Å². The Kier molecular flexibility index (Phi) is 12.4. The fourth-order valence-electron chi connectivity index (χ4n) is 4.46. The van der Waals surface area contributed by atoms with Gasteiger partial charge in [0.1, 0.15) is 5.76 Å². The van der Waals surface area contributed by atoms with E-state index in [0.29, 0.717) is 5.92 Å². The van der Waals surface area contributed by atoms with Crippen molar-refractivity contribution in [3.05, 3.63) is 24.2 Å². The van der Waals surface area contributed by atoms with Gasteiger partial charge in [0.2, 0.25) is 0 Å². The van der Waals surface area contributed by atoms with Crippen LogP contribution in [0.15, 0.2) is 27.8 Å². The molecule has 0 amide bonds. The molecule has 2 atom stereocenters. The number of aliphatic imine (C=N–C) groups is 1. The van der Waals surface area contributed by atoms with Crippen LogP contribution in [-0.2, 0) is 15.9 Å². The van der Waals surface area contributed by atoms with Gasteiger partial charge in [-0.25, -0.2) is 0 Å². The van der Waals surface area contributed by atoms with Crippen LogP contribution in [0.25, 0.3) is 0 Å². The van der Waals surface area contributed by atoms with E-state index in [4.69, 9.17) is 18.9 Å². The highest BCUT2D eigenvalue weighted by molar-refractivity contribution is 14.0. The second-order valence-corrected chi connectivity index (χ2v) is 9.74. The molecule has 1 aromatic rings. The van der Waals surface area contributed by atoms with E-state index >= 15 is 0 Å². The molecule has 7 nitrogen and oxygen atoms in total. The molecular weight excluding hydrogens is 519 g/mol. The number of hydrogen-bond donors (Lipinski definition) is 2. The largest absolute Gasteiger partial charge is 0.469 e. The molecule has 1 aromatic heterocycles. The second-order valence-electron chi connectivity index (χ2n) is 9.74. The summed E-state index contributed by atoms with van der Waals surface area (Å²) in [6.45, 7) is 15.1. The molecule has 0 radical (unpaired) electrons. The quantitative estimate of drug-likeness (QED) is 0.208. The topological polar surface area (TPSA) is 71.3 Å². The van der Waals surface area contributed by atoms with Crippen molar-refractivity contribution < 1.29 is 13.9 Å². The van der Waals surface area contributed by atoms with Crippen LogP contribution >= 0.6 is 24.0 Å². The predicted octanol–water partition coefficient (Wildman–Crippen LogP) is 3.54. The van der Waals surface area contributed by atoms with Crippen LogP contribution in [0.5, 0.6) is 0 Å². The molecule has 2 fully saturated rings. The third-order valence-corrected chi connectivity index (χ3v) is 6.07. The van der Waals surface area contributed by atoms with E-state index in [2.05, 4.69) is 36.3 Å². The highest BCUT2D eigenvalue weighted by Gasteiger charge is 2.35. The molecule has 32 heavy (non-hydrogen) atoms. The van der Waals surface area contributed by atoms with Crippen molar-refractivity contribution >= 4 is 29.9 Å². The minimum Gasteiger partial charge on any atom is -0.469 e. The number of rotatable bonds is 9. The standard InChI is InChI=1S/C24H42N4O3.HI/c1-24(2,3)22-20(7-4-16-31-22)19-27-23(26-11-9-21-8-5-15-30-21)25-10-6-12-28-13-17-29-18-14-28;/h5,8,15,20,22H,4,6-7,9-14,16-19H2,1-3H3,(H2,25,26,27);1H. The molecule has 0 aliphatic carbocycles. The predicted molar refractivity (Wildman–Crippen MR) is 140 cm³/mol. The Bertz CT molecular complexity index is 642. The van der Waals surface area contributed by atoms with Crippen LogP contribution in [0, 0.1) is 11.3 Å². The van der Waals surface area contributed by atoms with Crippen molar-refractivity contribution in [1.82, 2.24) is 15.5 Å². The maximum Gasteiger partial charge on any atom is 0.191 e. The zero-order valence-corrected chi connectivity index (χ0v) is 22.4. The lowest BCUT2D eigenvalue weighted by Gasteiger charge is -2.39. The van der Waals surface area contributed by atoms with Gasteiger partial charge in [-0.2, -0.15) is 0 Å². The summed E-state index contributed by atoms with van der Waals surface area (Å²) in [5, 5.41) is 7.04. The van der Waals surface area contributed by atoms with Gasteiger partial charge < -0.3 is 24.5 Å². The van der Waals surface area contributed by atoms with Crippen molar-refractivity contribution in [1.29, 1.82) is 0 Å². The molecule has 0 spiro atoms. The summed E-state index contributed by atoms with van der Waals surface area (Å²) in [6.07, 6.45) is 6.23.